The number of nitrogens with zero attached hydrogens (tertiary/aromatic N) is 2. The minimum absolute atomic E-state index is 0.0428. The van der Waals surface area contributed by atoms with Crippen LogP contribution in [0, 0.1) is 11.3 Å². The summed E-state index contributed by atoms with van der Waals surface area (Å²) in [4.78, 5) is 14.2. The van der Waals surface area contributed by atoms with Crippen LogP contribution in [-0.2, 0) is 0 Å². The van der Waals surface area contributed by atoms with Crippen LogP contribution in [0.4, 0.5) is 5.69 Å². The molecule has 0 heterocycles. The van der Waals surface area contributed by atoms with Crippen LogP contribution in [0.25, 0.3) is 6.08 Å². The summed E-state index contributed by atoms with van der Waals surface area (Å²) >= 11 is 0. The van der Waals surface area contributed by atoms with Crippen LogP contribution in [0.5, 0.6) is 5.75 Å². The Labute approximate surface area is 142 Å². The first-order valence-electron chi connectivity index (χ1n) is 7.66. The molecule has 24 heavy (non-hydrogen) atoms. The molecule has 0 spiro atoms. The van der Waals surface area contributed by atoms with Crippen LogP contribution in [-0.4, -0.2) is 26.0 Å². The van der Waals surface area contributed by atoms with Crippen molar-refractivity contribution in [2.24, 2.45) is 0 Å². The van der Waals surface area contributed by atoms with E-state index in [0.717, 1.165) is 11.3 Å². The van der Waals surface area contributed by atoms with Crippen molar-refractivity contribution in [3.63, 3.8) is 0 Å². The highest BCUT2D eigenvalue weighted by Gasteiger charge is 2.03. The van der Waals surface area contributed by atoms with Gasteiger partial charge in [-0.3, -0.25) is 4.79 Å². The van der Waals surface area contributed by atoms with Crippen molar-refractivity contribution in [3.8, 4) is 11.8 Å². The van der Waals surface area contributed by atoms with Crippen LogP contribution >= 0.6 is 0 Å². The number of rotatable bonds is 6. The van der Waals surface area contributed by atoms with Crippen LogP contribution in [0.1, 0.15) is 22.8 Å². The highest BCUT2D eigenvalue weighted by atomic mass is 16.5. The van der Waals surface area contributed by atoms with E-state index in [1.165, 1.54) is 0 Å². The lowest BCUT2D eigenvalue weighted by molar-refractivity contribution is 0.104. The number of allylic oxidation sites excluding steroid dienone is 1. The minimum atomic E-state index is -0.488. The molecule has 0 fully saturated rings. The van der Waals surface area contributed by atoms with Gasteiger partial charge in [0, 0.05) is 25.3 Å². The topological polar surface area (TPSA) is 53.3 Å². The maximum Gasteiger partial charge on any atom is 0.185 e. The summed E-state index contributed by atoms with van der Waals surface area (Å²) in [6, 6.07) is 16.8. The summed E-state index contributed by atoms with van der Waals surface area (Å²) in [5, 5.41) is 8.73. The van der Waals surface area contributed by atoms with E-state index in [1.807, 2.05) is 61.5 Å². The molecule has 2 aromatic rings. The van der Waals surface area contributed by atoms with Gasteiger partial charge in [-0.2, -0.15) is 5.26 Å². The monoisotopic (exact) mass is 320 g/mol. The van der Waals surface area contributed by atoms with E-state index in [9.17, 15) is 4.79 Å². The van der Waals surface area contributed by atoms with Crippen molar-refractivity contribution in [1.29, 1.82) is 5.26 Å². The van der Waals surface area contributed by atoms with Gasteiger partial charge < -0.3 is 9.64 Å². The van der Waals surface area contributed by atoms with Crippen LogP contribution < -0.4 is 9.64 Å². The van der Waals surface area contributed by atoms with Gasteiger partial charge in [-0.25, -0.2) is 0 Å². The molecule has 0 aliphatic carbocycles. The van der Waals surface area contributed by atoms with Gasteiger partial charge in [0.15, 0.2) is 11.9 Å². The normalized spacial score (nSPS) is 11.8. The fourth-order valence-electron chi connectivity index (χ4n) is 2.08. The number of hydrogen-bond donors (Lipinski definition) is 0. The van der Waals surface area contributed by atoms with Crippen molar-refractivity contribution < 1.29 is 9.53 Å². The lowest BCUT2D eigenvalue weighted by Gasteiger charge is -2.11. The first-order valence-corrected chi connectivity index (χ1v) is 7.66. The number of ether oxygens (including phenoxy) is 1. The van der Waals surface area contributed by atoms with Crippen LogP contribution in [0.2, 0.25) is 0 Å². The molecule has 2 rings (SSSR count). The molecule has 1 atom stereocenters. The average Bonchev–Trinajstić information content (AvgIpc) is 2.60. The van der Waals surface area contributed by atoms with Gasteiger partial charge >= 0.3 is 0 Å². The molecule has 122 valence electrons. The van der Waals surface area contributed by atoms with Crippen molar-refractivity contribution in [3.05, 3.63) is 65.7 Å². The third-order valence-electron chi connectivity index (χ3n) is 3.47. The molecule has 0 aromatic heterocycles. The molecule has 0 bridgehead atoms. The van der Waals surface area contributed by atoms with Gasteiger partial charge in [0.25, 0.3) is 0 Å². The van der Waals surface area contributed by atoms with Gasteiger partial charge in [0.2, 0.25) is 0 Å². The van der Waals surface area contributed by atoms with Gasteiger partial charge in [-0.15, -0.1) is 0 Å². The highest BCUT2D eigenvalue weighted by Crippen LogP contribution is 2.16. The van der Waals surface area contributed by atoms with E-state index in [0.29, 0.717) is 11.3 Å². The lowest BCUT2D eigenvalue weighted by Crippen LogP contribution is -2.08. The predicted molar refractivity (Wildman–Crippen MR) is 96.3 cm³/mol. The number of anilines is 1. The quantitative estimate of drug-likeness (QED) is 0.597. The fraction of sp³-hybridized carbons (Fsp3) is 0.200. The molecule has 0 amide bonds. The zero-order valence-electron chi connectivity index (χ0n) is 14.1. The average molecular weight is 320 g/mol. The van der Waals surface area contributed by atoms with E-state index in [4.69, 9.17) is 10.00 Å². The SMILES string of the molecule is CC(C#N)Oc1ccc(C=CC(=O)c2ccc(N(C)C)cc2)cc1. The first kappa shape index (κ1) is 17.3. The standard InChI is InChI=1S/C20H20N2O2/c1-15(14-21)24-19-11-4-16(5-12-19)6-13-20(23)17-7-9-18(10-8-17)22(2)3/h4-13,15H,1-3H3. The van der Waals surface area contributed by atoms with E-state index in [2.05, 4.69) is 0 Å². The Morgan fingerprint density at radius 1 is 1.12 bits per heavy atom. The molecule has 0 saturated carbocycles. The molecular formula is C20H20N2O2. The zero-order valence-corrected chi connectivity index (χ0v) is 14.1. The van der Waals surface area contributed by atoms with E-state index in [1.54, 1.807) is 31.2 Å². The van der Waals surface area contributed by atoms with E-state index in [-0.39, 0.29) is 5.78 Å². The lowest BCUT2D eigenvalue weighted by atomic mass is 10.1. The molecule has 1 unspecified atom stereocenters. The summed E-state index contributed by atoms with van der Waals surface area (Å²) in [5.41, 5.74) is 2.60. The van der Waals surface area contributed by atoms with E-state index >= 15 is 0 Å². The second-order valence-electron chi connectivity index (χ2n) is 5.60. The molecule has 0 aliphatic heterocycles. The number of ketones is 1. The Morgan fingerprint density at radius 2 is 1.75 bits per heavy atom. The fourth-order valence-corrected chi connectivity index (χ4v) is 2.08. The Kier molecular flexibility index (Phi) is 5.75. The second-order valence-corrected chi connectivity index (χ2v) is 5.60. The molecule has 0 radical (unpaired) electrons. The molecule has 4 nitrogen and oxygen atoms in total. The van der Waals surface area contributed by atoms with Crippen LogP contribution in [0.3, 0.4) is 0 Å². The van der Waals surface area contributed by atoms with Crippen molar-refractivity contribution >= 4 is 17.5 Å². The first-order chi connectivity index (χ1) is 11.5. The smallest absolute Gasteiger partial charge is 0.185 e. The van der Waals surface area contributed by atoms with Crippen molar-refractivity contribution in [2.45, 2.75) is 13.0 Å². The maximum absolute atomic E-state index is 12.2. The number of nitriles is 1. The maximum atomic E-state index is 12.2. The molecule has 0 saturated heterocycles. The molecule has 4 heteroatoms. The molecule has 0 aliphatic rings. The van der Waals surface area contributed by atoms with Gasteiger partial charge in [0.05, 0.1) is 0 Å². The number of benzene rings is 2. The van der Waals surface area contributed by atoms with Crippen molar-refractivity contribution in [2.75, 3.05) is 19.0 Å². The summed E-state index contributed by atoms with van der Waals surface area (Å²) < 4.78 is 5.39. The summed E-state index contributed by atoms with van der Waals surface area (Å²) in [7, 11) is 3.92. The summed E-state index contributed by atoms with van der Waals surface area (Å²) in [6.45, 7) is 1.69. The molecule has 0 N–H and O–H groups in total. The number of carbonyl (C=O) groups is 1. The van der Waals surface area contributed by atoms with Gasteiger partial charge in [-0.05, 0) is 55.0 Å². The zero-order chi connectivity index (χ0) is 17.5. The molecule has 2 aromatic carbocycles. The summed E-state index contributed by atoms with van der Waals surface area (Å²) in [6.07, 6.45) is 2.83. The molecular weight excluding hydrogens is 300 g/mol. The largest absolute Gasteiger partial charge is 0.476 e. The number of carbonyl (C=O) groups excluding carboxylic acids is 1. The Bertz CT molecular complexity index is 754. The minimum Gasteiger partial charge on any atom is -0.476 e. The third-order valence-corrected chi connectivity index (χ3v) is 3.47. The number of hydrogen-bond acceptors (Lipinski definition) is 4. The van der Waals surface area contributed by atoms with E-state index < -0.39 is 6.10 Å². The van der Waals surface area contributed by atoms with Gasteiger partial charge in [0.1, 0.15) is 11.8 Å². The highest BCUT2D eigenvalue weighted by molar-refractivity contribution is 6.06. The summed E-state index contributed by atoms with van der Waals surface area (Å²) in [5.74, 6) is 0.588. The van der Waals surface area contributed by atoms with Gasteiger partial charge in [-0.1, -0.05) is 18.2 Å². The Hall–Kier alpha value is -3.06. The Morgan fingerprint density at radius 3 is 2.29 bits per heavy atom. The second kappa shape index (κ2) is 7.98. The predicted octanol–water partition coefficient (Wildman–Crippen LogP) is 3.94. The van der Waals surface area contributed by atoms with Crippen molar-refractivity contribution in [1.82, 2.24) is 0 Å². The van der Waals surface area contributed by atoms with Crippen LogP contribution in [0.15, 0.2) is 54.6 Å². The Balaban J connectivity index is 2.02. The third kappa shape index (κ3) is 4.72.